The Morgan fingerprint density at radius 2 is 1.74 bits per heavy atom. The first kappa shape index (κ1) is 17.8. The predicted octanol–water partition coefficient (Wildman–Crippen LogP) is 2.43. The average molecular weight is 385 g/mol. The molecule has 6 nitrogen and oxygen atoms in total. The Bertz CT molecular complexity index is 988. The van der Waals surface area contributed by atoms with Gasteiger partial charge in [0.1, 0.15) is 17.4 Å². The second kappa shape index (κ2) is 6.51. The second-order valence-corrected chi connectivity index (χ2v) is 8.63. The average Bonchev–Trinajstić information content (AvgIpc) is 3.27. The van der Waals surface area contributed by atoms with Gasteiger partial charge in [0.2, 0.25) is 0 Å². The van der Waals surface area contributed by atoms with Gasteiger partial charge in [-0.2, -0.15) is 0 Å². The molecule has 1 fully saturated rings. The zero-order chi connectivity index (χ0) is 19.1. The first-order chi connectivity index (χ1) is 13.0. The molecule has 0 radical (unpaired) electrons. The molecule has 0 amide bonds. The zero-order valence-electron chi connectivity index (χ0n) is 14.7. The number of fused-ring (bicyclic) bond motifs is 1. The van der Waals surface area contributed by atoms with Gasteiger partial charge in [0.05, 0.1) is 17.3 Å². The molecule has 2 aromatic carbocycles. The zero-order valence-corrected chi connectivity index (χ0v) is 15.6. The Morgan fingerprint density at radius 3 is 2.37 bits per heavy atom. The number of nitrogens with zero attached hydrogens (tertiary/aromatic N) is 1. The fourth-order valence-corrected chi connectivity index (χ4v) is 6.19. The SMILES string of the molecule is COC(=O)C1=CON2CC[C@H](S(=O)(=O)c3ccccc3)[C@@]12c1ccccc1. The van der Waals surface area contributed by atoms with Crippen molar-refractivity contribution in [2.45, 2.75) is 22.1 Å². The number of carbonyl (C=O) groups is 1. The molecule has 2 aromatic rings. The minimum Gasteiger partial charge on any atom is -0.466 e. The normalized spacial score (nSPS) is 24.8. The molecule has 27 heavy (non-hydrogen) atoms. The number of carbonyl (C=O) groups excluding carboxylic acids is 1. The van der Waals surface area contributed by atoms with E-state index in [9.17, 15) is 13.2 Å². The Morgan fingerprint density at radius 1 is 1.11 bits per heavy atom. The lowest BCUT2D eigenvalue weighted by Gasteiger charge is -2.36. The molecule has 0 aliphatic carbocycles. The van der Waals surface area contributed by atoms with Crippen LogP contribution in [0.15, 0.2) is 77.4 Å². The first-order valence-corrected chi connectivity index (χ1v) is 10.2. The van der Waals surface area contributed by atoms with Crippen molar-refractivity contribution < 1.29 is 22.8 Å². The maximum Gasteiger partial charge on any atom is 0.339 e. The van der Waals surface area contributed by atoms with E-state index in [-0.39, 0.29) is 10.5 Å². The molecule has 0 N–H and O–H groups in total. The van der Waals surface area contributed by atoms with Crippen molar-refractivity contribution >= 4 is 15.8 Å². The Hall–Kier alpha value is -2.64. The summed E-state index contributed by atoms with van der Waals surface area (Å²) in [6, 6.07) is 17.4. The van der Waals surface area contributed by atoms with Gasteiger partial charge in [-0.1, -0.05) is 48.5 Å². The van der Waals surface area contributed by atoms with Crippen molar-refractivity contribution in [3.05, 3.63) is 78.1 Å². The molecule has 0 aromatic heterocycles. The smallest absolute Gasteiger partial charge is 0.339 e. The van der Waals surface area contributed by atoms with Crippen molar-refractivity contribution in [1.29, 1.82) is 0 Å². The maximum atomic E-state index is 13.6. The van der Waals surface area contributed by atoms with Crippen molar-refractivity contribution in [2.24, 2.45) is 0 Å². The van der Waals surface area contributed by atoms with Crippen LogP contribution in [0.25, 0.3) is 0 Å². The lowest BCUT2D eigenvalue weighted by Crippen LogP contribution is -2.50. The summed E-state index contributed by atoms with van der Waals surface area (Å²) >= 11 is 0. The molecule has 0 bridgehead atoms. The van der Waals surface area contributed by atoms with Crippen LogP contribution in [0, 0.1) is 0 Å². The van der Waals surface area contributed by atoms with Gasteiger partial charge in [-0.05, 0) is 24.1 Å². The lowest BCUT2D eigenvalue weighted by molar-refractivity contribution is -0.141. The van der Waals surface area contributed by atoms with Crippen LogP contribution in [0.2, 0.25) is 0 Å². The summed E-state index contributed by atoms with van der Waals surface area (Å²) < 4.78 is 32.0. The van der Waals surface area contributed by atoms with Crippen molar-refractivity contribution in [3.63, 3.8) is 0 Å². The minimum absolute atomic E-state index is 0.193. The molecule has 7 heteroatoms. The number of esters is 1. The number of hydrogen-bond acceptors (Lipinski definition) is 6. The van der Waals surface area contributed by atoms with E-state index in [0.717, 1.165) is 0 Å². The predicted molar refractivity (Wildman–Crippen MR) is 98.0 cm³/mol. The van der Waals surface area contributed by atoms with Crippen LogP contribution in [-0.4, -0.2) is 38.4 Å². The second-order valence-electron chi connectivity index (χ2n) is 6.50. The van der Waals surface area contributed by atoms with Gasteiger partial charge in [-0.25, -0.2) is 13.2 Å². The summed E-state index contributed by atoms with van der Waals surface area (Å²) in [5.41, 5.74) is -0.373. The molecule has 2 aliphatic rings. The first-order valence-electron chi connectivity index (χ1n) is 8.60. The van der Waals surface area contributed by atoms with Crippen LogP contribution in [0.1, 0.15) is 12.0 Å². The minimum atomic E-state index is -3.74. The Kier molecular flexibility index (Phi) is 4.28. The third-order valence-electron chi connectivity index (χ3n) is 5.23. The molecule has 0 spiro atoms. The molecule has 2 atom stereocenters. The van der Waals surface area contributed by atoms with Gasteiger partial charge in [0, 0.05) is 6.54 Å². The fourth-order valence-electron chi connectivity index (χ4n) is 4.08. The van der Waals surface area contributed by atoms with Crippen LogP contribution in [0.3, 0.4) is 0 Å². The Labute approximate surface area is 157 Å². The van der Waals surface area contributed by atoms with Crippen molar-refractivity contribution in [3.8, 4) is 0 Å². The summed E-state index contributed by atoms with van der Waals surface area (Å²) in [5.74, 6) is -0.600. The monoisotopic (exact) mass is 385 g/mol. The van der Waals surface area contributed by atoms with Gasteiger partial charge in [0.15, 0.2) is 9.84 Å². The van der Waals surface area contributed by atoms with Gasteiger partial charge in [-0.15, -0.1) is 5.06 Å². The van der Waals surface area contributed by atoms with Crippen molar-refractivity contribution in [1.82, 2.24) is 5.06 Å². The topological polar surface area (TPSA) is 72.9 Å². The van der Waals surface area contributed by atoms with E-state index in [4.69, 9.17) is 9.57 Å². The molecule has 0 saturated carbocycles. The van der Waals surface area contributed by atoms with Gasteiger partial charge in [0.25, 0.3) is 0 Å². The van der Waals surface area contributed by atoms with E-state index < -0.39 is 26.6 Å². The highest BCUT2D eigenvalue weighted by molar-refractivity contribution is 7.92. The number of methoxy groups -OCH3 is 1. The summed E-state index contributed by atoms with van der Waals surface area (Å²) in [6.45, 7) is 0.378. The molecular weight excluding hydrogens is 366 g/mol. The third kappa shape index (κ3) is 2.49. The van der Waals surface area contributed by atoms with Gasteiger partial charge < -0.3 is 9.57 Å². The highest BCUT2D eigenvalue weighted by Crippen LogP contribution is 2.52. The standard InChI is InChI=1S/C20H19NO5S/c1-25-19(22)17-14-26-21-13-12-18(20(17,21)15-8-4-2-5-9-15)27(23,24)16-10-6-3-7-11-16/h2-11,14,18H,12-13H2,1H3/t18-,20+/m0/s1. The van der Waals surface area contributed by atoms with E-state index in [2.05, 4.69) is 0 Å². The summed E-state index contributed by atoms with van der Waals surface area (Å²) in [4.78, 5) is 18.4. The third-order valence-corrected chi connectivity index (χ3v) is 7.48. The number of hydroxylamine groups is 2. The number of hydrogen-bond donors (Lipinski definition) is 0. The van der Waals surface area contributed by atoms with Crippen LogP contribution in [0.4, 0.5) is 0 Å². The highest BCUT2D eigenvalue weighted by Gasteiger charge is 2.63. The summed E-state index contributed by atoms with van der Waals surface area (Å²) in [6.07, 6.45) is 1.64. The van der Waals surface area contributed by atoms with E-state index >= 15 is 0 Å². The molecular formula is C20H19NO5S. The summed E-state index contributed by atoms with van der Waals surface area (Å²) in [7, 11) is -2.47. The molecule has 1 saturated heterocycles. The van der Waals surface area contributed by atoms with Gasteiger partial charge >= 0.3 is 5.97 Å². The van der Waals surface area contributed by atoms with Crippen LogP contribution in [0.5, 0.6) is 0 Å². The molecule has 0 unspecified atom stereocenters. The number of benzene rings is 2. The highest BCUT2D eigenvalue weighted by atomic mass is 32.2. The molecule has 4 rings (SSSR count). The largest absolute Gasteiger partial charge is 0.466 e. The molecule has 2 aliphatic heterocycles. The quantitative estimate of drug-likeness (QED) is 0.753. The number of rotatable bonds is 4. The molecule has 140 valence electrons. The van der Waals surface area contributed by atoms with Crippen LogP contribution < -0.4 is 0 Å². The van der Waals surface area contributed by atoms with E-state index in [1.807, 2.05) is 30.3 Å². The number of sulfone groups is 1. The number of ether oxygens (including phenoxy) is 1. The van der Waals surface area contributed by atoms with Gasteiger partial charge in [-0.3, -0.25) is 0 Å². The van der Waals surface area contributed by atoms with Crippen LogP contribution >= 0.6 is 0 Å². The molecule has 2 heterocycles. The lowest BCUT2D eigenvalue weighted by atomic mass is 9.81. The van der Waals surface area contributed by atoms with E-state index in [1.165, 1.54) is 13.4 Å². The van der Waals surface area contributed by atoms with E-state index in [1.54, 1.807) is 35.4 Å². The van der Waals surface area contributed by atoms with E-state index in [0.29, 0.717) is 18.5 Å². The van der Waals surface area contributed by atoms with Crippen LogP contribution in [-0.2, 0) is 29.7 Å². The maximum absolute atomic E-state index is 13.6. The summed E-state index contributed by atoms with van der Waals surface area (Å²) in [5, 5.41) is 0.697. The van der Waals surface area contributed by atoms with Crippen molar-refractivity contribution in [2.75, 3.05) is 13.7 Å². The Balaban J connectivity index is 1.95. The fraction of sp³-hybridized carbons (Fsp3) is 0.250.